The van der Waals surface area contributed by atoms with Gasteiger partial charge in [0.25, 0.3) is 0 Å². The Balaban J connectivity index is 3.15. The molecule has 0 heterocycles. The molecule has 0 aromatic heterocycles. The molecule has 0 nitrogen and oxygen atoms in total. The van der Waals surface area contributed by atoms with Gasteiger partial charge in [-0.25, -0.2) is 0 Å². The van der Waals surface area contributed by atoms with Gasteiger partial charge >= 0.3 is 6.98 Å². The summed E-state index contributed by atoms with van der Waals surface area (Å²) in [5, 5.41) is 0. The van der Waals surface area contributed by atoms with Crippen LogP contribution < -0.4 is 0 Å². The highest BCUT2D eigenvalue weighted by Crippen LogP contribution is 2.13. The first-order valence-corrected chi connectivity index (χ1v) is 1.83. The van der Waals surface area contributed by atoms with Crippen molar-refractivity contribution in [2.75, 3.05) is 6.67 Å². The maximum atomic E-state index is 10.9. The van der Waals surface area contributed by atoms with Crippen molar-refractivity contribution in [3.8, 4) is 0 Å². The van der Waals surface area contributed by atoms with Crippen LogP contribution in [0.25, 0.3) is 0 Å². The van der Waals surface area contributed by atoms with Crippen LogP contribution in [0.4, 0.5) is 17.3 Å². The molecule has 7 heavy (non-hydrogen) atoms. The fraction of sp³-hybridized carbons (Fsp3) is 1.00. The molecule has 0 saturated carbocycles. The third kappa shape index (κ3) is 5.78. The summed E-state index contributed by atoms with van der Waals surface area (Å²) in [6.45, 7) is -6.16. The number of hydrogen-bond donors (Lipinski definition) is 0. The van der Waals surface area contributed by atoms with Crippen LogP contribution in [0.15, 0.2) is 0 Å². The third-order valence-corrected chi connectivity index (χ3v) is 0.436. The molecule has 0 amide bonds. The van der Waals surface area contributed by atoms with Crippen LogP contribution in [-0.2, 0) is 0 Å². The Morgan fingerprint density at radius 1 is 1.14 bits per heavy atom. The van der Waals surface area contributed by atoms with Crippen molar-refractivity contribution in [3.63, 3.8) is 0 Å². The van der Waals surface area contributed by atoms with E-state index in [0.29, 0.717) is 0 Å². The van der Waals surface area contributed by atoms with Crippen molar-refractivity contribution in [3.05, 3.63) is 0 Å². The minimum Gasteiger partial charge on any atom is -0.449 e. The van der Waals surface area contributed by atoms with Crippen LogP contribution in [0.3, 0.4) is 0 Å². The zero-order valence-corrected chi connectivity index (χ0v) is 3.50. The van der Waals surface area contributed by atoms with Gasteiger partial charge < -0.3 is 12.9 Å². The Hall–Kier alpha value is -0.215. The van der Waals surface area contributed by atoms with E-state index in [1.165, 1.54) is 0 Å². The molecule has 0 aromatic rings. The Kier molecular flexibility index (Phi) is 2.12. The first-order chi connectivity index (χ1) is 3.06. The van der Waals surface area contributed by atoms with Crippen LogP contribution in [0, 0.1) is 0 Å². The Morgan fingerprint density at radius 2 is 1.57 bits per heavy atom. The molecule has 0 radical (unpaired) electrons. The zero-order valence-electron chi connectivity index (χ0n) is 3.50. The molecule has 5 heteroatoms. The summed E-state index contributed by atoms with van der Waals surface area (Å²) in [7, 11) is 0. The third-order valence-electron chi connectivity index (χ3n) is 0.436. The van der Waals surface area contributed by atoms with Crippen molar-refractivity contribution < 1.29 is 17.3 Å². The maximum absolute atomic E-state index is 10.9. The molecule has 0 aliphatic heterocycles. The predicted octanol–water partition coefficient (Wildman–Crippen LogP) is 1.80. The molecule has 0 aliphatic carbocycles. The molecule has 0 fully saturated rings. The lowest BCUT2D eigenvalue weighted by Gasteiger charge is -2.08. The topological polar surface area (TPSA) is 0 Å². The normalized spacial score (nSPS) is 12.0. The fourth-order valence-electron chi connectivity index (χ4n) is 0.124. The van der Waals surface area contributed by atoms with E-state index in [2.05, 4.69) is 0 Å². The van der Waals surface area contributed by atoms with E-state index in [-0.39, 0.29) is 0 Å². The van der Waals surface area contributed by atoms with E-state index < -0.39 is 20.0 Å². The Labute approximate surface area is 38.6 Å². The highest BCUT2D eigenvalue weighted by molar-refractivity contribution is 6.58. The summed E-state index contributed by atoms with van der Waals surface area (Å²) in [6, 6.07) is 0. The van der Waals surface area contributed by atoms with Crippen molar-refractivity contribution >= 4 is 6.98 Å². The number of alkyl halides is 1. The molecular weight excluding hydrogens is 111 g/mol. The van der Waals surface area contributed by atoms with E-state index in [0.717, 1.165) is 0 Å². The molecular formula is C2H4BF4-. The van der Waals surface area contributed by atoms with Gasteiger partial charge in [-0.1, -0.05) is 6.32 Å². The van der Waals surface area contributed by atoms with Crippen LogP contribution in [-0.4, -0.2) is 13.7 Å². The molecule has 0 aromatic carbocycles. The molecule has 0 aliphatic rings. The van der Waals surface area contributed by atoms with Gasteiger partial charge in [0.2, 0.25) is 0 Å². The predicted molar refractivity (Wildman–Crippen MR) is 19.9 cm³/mol. The zero-order chi connectivity index (χ0) is 5.91. The average Bonchev–Trinajstić information content (AvgIpc) is 1.30. The number of rotatable bonds is 2. The average molecular weight is 115 g/mol. The molecule has 0 N–H and O–H groups in total. The Bertz CT molecular complexity index is 48.1. The van der Waals surface area contributed by atoms with E-state index in [4.69, 9.17) is 0 Å². The van der Waals surface area contributed by atoms with Crippen LogP contribution >= 0.6 is 0 Å². The summed E-state index contributed by atoms with van der Waals surface area (Å²) < 4.78 is 43.4. The van der Waals surface area contributed by atoms with E-state index >= 15 is 0 Å². The largest absolute Gasteiger partial charge is 0.480 e. The van der Waals surface area contributed by atoms with Gasteiger partial charge in [-0.05, 0) is 0 Å². The highest BCUT2D eigenvalue weighted by Gasteiger charge is 2.21. The number of hydrogen-bond acceptors (Lipinski definition) is 0. The fourth-order valence-corrected chi connectivity index (χ4v) is 0.124. The molecule has 44 valence electrons. The van der Waals surface area contributed by atoms with Gasteiger partial charge in [0, 0.05) is 0 Å². The van der Waals surface area contributed by atoms with Gasteiger partial charge in [-0.15, -0.1) is 0 Å². The van der Waals surface area contributed by atoms with Crippen molar-refractivity contribution in [2.24, 2.45) is 0 Å². The van der Waals surface area contributed by atoms with Crippen molar-refractivity contribution in [1.29, 1.82) is 0 Å². The molecule has 0 spiro atoms. The standard InChI is InChI=1S/C2H4BF4/c4-2-1-3(5,6)7/h1-2H2/q-1. The van der Waals surface area contributed by atoms with Crippen molar-refractivity contribution in [2.45, 2.75) is 6.32 Å². The van der Waals surface area contributed by atoms with E-state index in [9.17, 15) is 17.3 Å². The minimum atomic E-state index is -4.87. The van der Waals surface area contributed by atoms with Crippen molar-refractivity contribution in [1.82, 2.24) is 0 Å². The smallest absolute Gasteiger partial charge is 0.449 e. The number of halogens is 4. The monoisotopic (exact) mass is 115 g/mol. The first kappa shape index (κ1) is 6.78. The second-order valence-electron chi connectivity index (χ2n) is 1.19. The first-order valence-electron chi connectivity index (χ1n) is 1.83. The van der Waals surface area contributed by atoms with Gasteiger partial charge in [-0.3, -0.25) is 4.39 Å². The van der Waals surface area contributed by atoms with Gasteiger partial charge in [0.05, 0.1) is 6.67 Å². The lowest BCUT2D eigenvalue weighted by atomic mass is 9.88. The minimum absolute atomic E-state index is 1.26. The molecule has 0 unspecified atom stereocenters. The summed E-state index contributed by atoms with van der Waals surface area (Å²) in [6.07, 6.45) is -1.26. The lowest BCUT2D eigenvalue weighted by Crippen LogP contribution is -2.14. The van der Waals surface area contributed by atoms with Crippen LogP contribution in [0.2, 0.25) is 6.32 Å². The van der Waals surface area contributed by atoms with Crippen LogP contribution in [0.1, 0.15) is 0 Å². The SMILES string of the molecule is FCC[B-](F)(F)F. The lowest BCUT2D eigenvalue weighted by molar-refractivity contribution is 0.430. The van der Waals surface area contributed by atoms with E-state index in [1.807, 2.05) is 0 Å². The Morgan fingerprint density at radius 3 is 1.57 bits per heavy atom. The quantitative estimate of drug-likeness (QED) is 0.380. The second kappa shape index (κ2) is 2.19. The van der Waals surface area contributed by atoms with Gasteiger partial charge in [-0.2, -0.15) is 0 Å². The summed E-state index contributed by atoms with van der Waals surface area (Å²) in [5.41, 5.74) is 0. The highest BCUT2D eigenvalue weighted by atomic mass is 19.4. The van der Waals surface area contributed by atoms with Gasteiger partial charge in [0.1, 0.15) is 0 Å². The molecule has 0 saturated heterocycles. The molecule has 0 bridgehead atoms. The summed E-state index contributed by atoms with van der Waals surface area (Å²) in [5.74, 6) is 0. The molecule has 0 rings (SSSR count). The van der Waals surface area contributed by atoms with Crippen LogP contribution in [0.5, 0.6) is 0 Å². The van der Waals surface area contributed by atoms with E-state index in [1.54, 1.807) is 0 Å². The second-order valence-corrected chi connectivity index (χ2v) is 1.19. The summed E-state index contributed by atoms with van der Waals surface area (Å²) in [4.78, 5) is 0. The summed E-state index contributed by atoms with van der Waals surface area (Å²) >= 11 is 0. The van der Waals surface area contributed by atoms with Gasteiger partial charge in [0.15, 0.2) is 0 Å². The molecule has 0 atom stereocenters. The maximum Gasteiger partial charge on any atom is 0.480 e.